The predicted molar refractivity (Wildman–Crippen MR) is 218 cm³/mol. The molecule has 2 aliphatic heterocycles. The molecule has 1 atom stereocenters. The zero-order valence-electron chi connectivity index (χ0n) is 34.0. The van der Waals surface area contributed by atoms with Gasteiger partial charge >= 0.3 is 11.9 Å². The average Bonchev–Trinajstić information content (AvgIpc) is 3.74. The number of amides is 3. The van der Waals surface area contributed by atoms with Crippen LogP contribution < -0.4 is 16.3 Å². The lowest BCUT2D eigenvalue weighted by molar-refractivity contribution is -0.141. The van der Waals surface area contributed by atoms with E-state index in [9.17, 15) is 37.5 Å². The Morgan fingerprint density at radius 3 is 2.37 bits per heavy atom. The van der Waals surface area contributed by atoms with Crippen LogP contribution in [0.15, 0.2) is 59.5 Å². The molecule has 0 radical (unpaired) electrons. The number of aryl methyl sites for hydroxylation is 1. The largest absolute Gasteiger partial charge is 0.433 e. The summed E-state index contributed by atoms with van der Waals surface area (Å²) in [6.45, 7) is 8.57. The number of aliphatic hydroxyl groups is 1. The Morgan fingerprint density at radius 2 is 1.67 bits per heavy atom. The molecule has 0 spiro atoms. The SMILES string of the molecule is Cn1c(=O)n(C2CCC(=O)NC2=O)c2cccc(CN3CCN(CC[C@H]4CC[C@H](n5cc6cc(NC(=O)c7cccc(C(F)(F)F)n7)c(C(C)(C)O)cc6n5)CC4)CC3)c21. The number of benzene rings is 2. The summed E-state index contributed by atoms with van der Waals surface area (Å²) in [6.07, 6.45) is 2.93. The van der Waals surface area contributed by atoms with Crippen LogP contribution in [0.2, 0.25) is 0 Å². The number of hydrogen-bond acceptors (Lipinski definition) is 9. The number of pyridine rings is 1. The molecule has 60 heavy (non-hydrogen) atoms. The highest BCUT2D eigenvalue weighted by Gasteiger charge is 2.34. The first-order valence-electron chi connectivity index (χ1n) is 20.6. The fraction of sp³-hybridized carbons (Fsp3) is 0.488. The van der Waals surface area contributed by atoms with Crippen molar-refractivity contribution < 1.29 is 32.7 Å². The van der Waals surface area contributed by atoms with E-state index in [4.69, 9.17) is 5.10 Å². The minimum Gasteiger partial charge on any atom is -0.386 e. The van der Waals surface area contributed by atoms with E-state index in [0.29, 0.717) is 35.5 Å². The molecule has 318 valence electrons. The molecule has 1 saturated carbocycles. The Hall–Kier alpha value is -5.39. The van der Waals surface area contributed by atoms with Gasteiger partial charge in [-0.25, -0.2) is 9.78 Å². The summed E-state index contributed by atoms with van der Waals surface area (Å²) in [5, 5.41) is 21.6. The summed E-state index contributed by atoms with van der Waals surface area (Å²) in [4.78, 5) is 59.3. The van der Waals surface area contributed by atoms with Crippen LogP contribution in [0.3, 0.4) is 0 Å². The molecule has 1 unspecified atom stereocenters. The first-order chi connectivity index (χ1) is 28.5. The summed E-state index contributed by atoms with van der Waals surface area (Å²) in [6, 6.07) is 11.9. The zero-order chi connectivity index (χ0) is 42.5. The quantitative estimate of drug-likeness (QED) is 0.155. The number of imidazole rings is 1. The van der Waals surface area contributed by atoms with E-state index in [2.05, 4.69) is 25.4 Å². The summed E-state index contributed by atoms with van der Waals surface area (Å²) in [7, 11) is 1.74. The standard InChI is InChI=1S/C43H50F3N9O5/c1-42(2,60)30-23-32-28(22-33(30)48-39(57)31-7-5-9-36(47-31)43(44,45)46)25-54(50-32)29-12-10-26(11-13-29)16-17-52-18-20-53(21-19-52)24-27-6-4-8-34-38(27)51(3)41(59)55(34)35-14-15-37(56)49-40(35)58/h4-9,22-23,25-26,29,35,60H,10-21,24H2,1-3H3,(H,48,57)(H,49,56,58)/t26-,29-,35?. The van der Waals surface area contributed by atoms with E-state index in [1.165, 1.54) is 10.6 Å². The average molecular weight is 830 g/mol. The Labute approximate surface area is 344 Å². The number of para-hydroxylation sites is 1. The van der Waals surface area contributed by atoms with Crippen LogP contribution in [0.1, 0.15) is 98.2 Å². The van der Waals surface area contributed by atoms with Crippen LogP contribution in [0.25, 0.3) is 21.9 Å². The monoisotopic (exact) mass is 829 g/mol. The van der Waals surface area contributed by atoms with E-state index in [1.54, 1.807) is 37.6 Å². The number of aromatic nitrogens is 5. The number of fused-ring (bicyclic) bond motifs is 2. The van der Waals surface area contributed by atoms with Crippen LogP contribution in [-0.2, 0) is 35.0 Å². The third-order valence-corrected chi connectivity index (χ3v) is 12.5. The molecular weight excluding hydrogens is 780 g/mol. The third kappa shape index (κ3) is 8.47. The Kier molecular flexibility index (Phi) is 11.2. The number of halogens is 3. The summed E-state index contributed by atoms with van der Waals surface area (Å²) in [5.74, 6) is -0.968. The van der Waals surface area contributed by atoms with Gasteiger partial charge in [0.05, 0.1) is 28.2 Å². The summed E-state index contributed by atoms with van der Waals surface area (Å²) >= 11 is 0. The van der Waals surface area contributed by atoms with E-state index in [-0.39, 0.29) is 35.4 Å². The van der Waals surface area contributed by atoms with Crippen molar-refractivity contribution in [3.63, 3.8) is 0 Å². The normalized spacial score (nSPS) is 21.1. The Balaban J connectivity index is 0.845. The minimum atomic E-state index is -4.69. The number of nitrogens with one attached hydrogen (secondary N) is 2. The van der Waals surface area contributed by atoms with Gasteiger partial charge in [0.1, 0.15) is 17.4 Å². The molecule has 3 fully saturated rings. The molecule has 8 rings (SSSR count). The molecule has 3 aliphatic rings. The molecule has 2 aromatic carbocycles. The van der Waals surface area contributed by atoms with Gasteiger partial charge in [-0.3, -0.25) is 38.4 Å². The van der Waals surface area contributed by atoms with Gasteiger partial charge in [-0.1, -0.05) is 18.2 Å². The van der Waals surface area contributed by atoms with Crippen molar-refractivity contribution in [3.05, 3.63) is 87.7 Å². The van der Waals surface area contributed by atoms with Crippen molar-refractivity contribution in [2.45, 2.75) is 89.2 Å². The second-order valence-corrected chi connectivity index (χ2v) is 17.0. The Bertz CT molecular complexity index is 2500. The van der Waals surface area contributed by atoms with Crippen molar-refractivity contribution in [1.29, 1.82) is 0 Å². The molecule has 1 aliphatic carbocycles. The molecule has 5 heterocycles. The second kappa shape index (κ2) is 16.2. The molecule has 2 saturated heterocycles. The third-order valence-electron chi connectivity index (χ3n) is 12.5. The van der Waals surface area contributed by atoms with Gasteiger partial charge in [0.25, 0.3) is 5.91 Å². The molecular formula is C43H50F3N9O5. The molecule has 3 aromatic heterocycles. The van der Waals surface area contributed by atoms with Gasteiger partial charge in [0.2, 0.25) is 11.8 Å². The second-order valence-electron chi connectivity index (χ2n) is 17.0. The zero-order valence-corrected chi connectivity index (χ0v) is 34.0. The highest BCUT2D eigenvalue weighted by atomic mass is 19.4. The topological polar surface area (TPSA) is 160 Å². The number of carbonyl (C=O) groups is 3. The fourth-order valence-corrected chi connectivity index (χ4v) is 9.14. The number of alkyl halides is 3. The van der Waals surface area contributed by atoms with E-state index in [1.807, 2.05) is 29.1 Å². The van der Waals surface area contributed by atoms with Crippen molar-refractivity contribution in [3.8, 4) is 0 Å². The number of piperidine rings is 1. The lowest BCUT2D eigenvalue weighted by Crippen LogP contribution is -2.46. The van der Waals surface area contributed by atoms with Crippen LogP contribution >= 0.6 is 0 Å². The van der Waals surface area contributed by atoms with Crippen LogP contribution in [0.4, 0.5) is 18.9 Å². The molecule has 3 amide bonds. The number of anilines is 1. The first kappa shape index (κ1) is 41.3. The van der Waals surface area contributed by atoms with Crippen LogP contribution in [0, 0.1) is 5.92 Å². The molecule has 0 bridgehead atoms. The van der Waals surface area contributed by atoms with Gasteiger partial charge in [-0.05, 0) is 101 Å². The van der Waals surface area contributed by atoms with Gasteiger partial charge in [0.15, 0.2) is 0 Å². The maximum absolute atomic E-state index is 13.4. The smallest absolute Gasteiger partial charge is 0.386 e. The number of carbonyl (C=O) groups excluding carboxylic acids is 3. The maximum atomic E-state index is 13.4. The minimum absolute atomic E-state index is 0.194. The number of imide groups is 1. The summed E-state index contributed by atoms with van der Waals surface area (Å²) in [5.41, 5.74) is 0.668. The number of hydrogen-bond donors (Lipinski definition) is 3. The number of piperazine rings is 1. The number of nitrogens with zero attached hydrogens (tertiary/aromatic N) is 7. The van der Waals surface area contributed by atoms with Crippen molar-refractivity contribution in [1.82, 2.24) is 39.0 Å². The first-order valence-corrected chi connectivity index (χ1v) is 20.6. The van der Waals surface area contributed by atoms with Crippen molar-refractivity contribution >= 4 is 45.3 Å². The number of rotatable bonds is 10. The van der Waals surface area contributed by atoms with Gasteiger partial charge < -0.3 is 15.3 Å². The van der Waals surface area contributed by atoms with Crippen LogP contribution in [-0.4, -0.2) is 89.3 Å². The van der Waals surface area contributed by atoms with E-state index in [0.717, 1.165) is 93.4 Å². The molecule has 5 aromatic rings. The predicted octanol–water partition coefficient (Wildman–Crippen LogP) is 5.50. The van der Waals surface area contributed by atoms with Crippen molar-refractivity contribution in [2.75, 3.05) is 38.0 Å². The lowest BCUT2D eigenvalue weighted by Gasteiger charge is -2.36. The van der Waals surface area contributed by atoms with Crippen LogP contribution in [0.5, 0.6) is 0 Å². The van der Waals surface area contributed by atoms with Gasteiger partial charge in [-0.15, -0.1) is 0 Å². The van der Waals surface area contributed by atoms with Gasteiger partial charge in [0, 0.05) is 69.0 Å². The summed E-state index contributed by atoms with van der Waals surface area (Å²) < 4.78 is 44.9. The lowest BCUT2D eigenvalue weighted by atomic mass is 9.84. The highest BCUT2D eigenvalue weighted by molar-refractivity contribution is 6.04. The Morgan fingerprint density at radius 1 is 0.950 bits per heavy atom. The van der Waals surface area contributed by atoms with Gasteiger partial charge in [-0.2, -0.15) is 18.3 Å². The molecule has 17 heteroatoms. The van der Waals surface area contributed by atoms with E-state index >= 15 is 0 Å². The molecule has 14 nitrogen and oxygen atoms in total. The highest BCUT2D eigenvalue weighted by Crippen LogP contribution is 2.37. The maximum Gasteiger partial charge on any atom is 0.433 e. The fourth-order valence-electron chi connectivity index (χ4n) is 9.14. The molecule has 3 N–H and O–H groups in total. The van der Waals surface area contributed by atoms with E-state index < -0.39 is 35.3 Å². The van der Waals surface area contributed by atoms with Crippen molar-refractivity contribution in [2.24, 2.45) is 13.0 Å².